The van der Waals surface area contributed by atoms with Gasteiger partial charge < -0.3 is 9.47 Å². The third-order valence-electron chi connectivity index (χ3n) is 6.78. The first-order valence-electron chi connectivity index (χ1n) is 11.5. The summed E-state index contributed by atoms with van der Waals surface area (Å²) < 4.78 is 4.23. The van der Waals surface area contributed by atoms with Crippen molar-refractivity contribution in [3.05, 3.63) is 58.9 Å². The maximum absolute atomic E-state index is 13.4. The smallest absolute Gasteiger partial charge is 0.227 e. The fourth-order valence-corrected chi connectivity index (χ4v) is 5.09. The molecule has 1 saturated heterocycles. The van der Waals surface area contributed by atoms with Crippen LogP contribution >= 0.6 is 0 Å². The summed E-state index contributed by atoms with van der Waals surface area (Å²) in [5, 5.41) is 13.7. The minimum Gasteiger partial charge on any atom is -0.332 e. The molecule has 2 aliphatic rings. The molecule has 5 rings (SSSR count). The van der Waals surface area contributed by atoms with Crippen LogP contribution in [0.15, 0.2) is 30.3 Å². The predicted molar refractivity (Wildman–Crippen MR) is 118 cm³/mol. The van der Waals surface area contributed by atoms with Crippen molar-refractivity contribution in [1.82, 2.24) is 29.4 Å². The van der Waals surface area contributed by atoms with Gasteiger partial charge in [0, 0.05) is 30.8 Å². The van der Waals surface area contributed by atoms with Crippen LogP contribution in [0.1, 0.15) is 66.7 Å². The van der Waals surface area contributed by atoms with Crippen molar-refractivity contribution in [2.75, 3.05) is 6.54 Å². The van der Waals surface area contributed by atoms with E-state index in [4.69, 9.17) is 5.10 Å². The number of aryl methyl sites for hydroxylation is 2. The van der Waals surface area contributed by atoms with Crippen LogP contribution < -0.4 is 0 Å². The number of benzene rings is 1. The SMILES string of the molecule is Cc1nn(-c2ccccc2)c(C)c1CC(=O)N1CCCC1c1nnc2n1CCCCC2. The molecule has 2 aromatic heterocycles. The minimum absolute atomic E-state index is 0.0385. The molecule has 7 nitrogen and oxygen atoms in total. The highest BCUT2D eigenvalue weighted by Gasteiger charge is 2.35. The summed E-state index contributed by atoms with van der Waals surface area (Å²) in [6, 6.07) is 10.1. The van der Waals surface area contributed by atoms with Gasteiger partial charge in [0.1, 0.15) is 5.82 Å². The zero-order valence-electron chi connectivity index (χ0n) is 18.4. The Morgan fingerprint density at radius 2 is 1.87 bits per heavy atom. The fraction of sp³-hybridized carbons (Fsp3) is 0.500. The van der Waals surface area contributed by atoms with E-state index in [1.54, 1.807) is 0 Å². The lowest BCUT2D eigenvalue weighted by molar-refractivity contribution is -0.131. The molecular formula is C24H30N6O. The molecule has 0 radical (unpaired) electrons. The first-order valence-corrected chi connectivity index (χ1v) is 11.5. The minimum atomic E-state index is 0.0385. The van der Waals surface area contributed by atoms with E-state index in [0.717, 1.165) is 73.1 Å². The zero-order valence-corrected chi connectivity index (χ0v) is 18.4. The van der Waals surface area contributed by atoms with Crippen LogP contribution in [0.3, 0.4) is 0 Å². The number of hydrogen-bond donors (Lipinski definition) is 0. The zero-order chi connectivity index (χ0) is 21.4. The van der Waals surface area contributed by atoms with Crippen LogP contribution in [-0.2, 0) is 24.2 Å². The Kier molecular flexibility index (Phi) is 5.34. The maximum Gasteiger partial charge on any atom is 0.227 e. The Morgan fingerprint density at radius 1 is 1.03 bits per heavy atom. The first-order chi connectivity index (χ1) is 15.1. The van der Waals surface area contributed by atoms with Gasteiger partial charge in [0.2, 0.25) is 5.91 Å². The molecule has 0 aliphatic carbocycles. The summed E-state index contributed by atoms with van der Waals surface area (Å²) in [7, 11) is 0. The van der Waals surface area contributed by atoms with Crippen LogP contribution in [0.4, 0.5) is 0 Å². The van der Waals surface area contributed by atoms with E-state index in [1.165, 1.54) is 12.8 Å². The van der Waals surface area contributed by atoms with Crippen molar-refractivity contribution in [1.29, 1.82) is 0 Å². The summed E-state index contributed by atoms with van der Waals surface area (Å²) in [6.07, 6.45) is 6.92. The number of amides is 1. The standard InChI is InChI=1S/C24H30N6O/c1-17-20(18(2)30(27-17)19-10-5-3-6-11-19)16-23(31)28-15-9-12-21(28)24-26-25-22-13-7-4-8-14-29(22)24/h3,5-6,10-11,21H,4,7-9,12-16H2,1-2H3. The summed E-state index contributed by atoms with van der Waals surface area (Å²) >= 11 is 0. The van der Waals surface area contributed by atoms with Gasteiger partial charge >= 0.3 is 0 Å². The van der Waals surface area contributed by atoms with Crippen molar-refractivity contribution < 1.29 is 4.79 Å². The molecule has 162 valence electrons. The van der Waals surface area contributed by atoms with E-state index in [2.05, 4.69) is 21.7 Å². The Bertz CT molecular complexity index is 1080. The second kappa shape index (κ2) is 8.29. The summed E-state index contributed by atoms with van der Waals surface area (Å²) in [5.41, 5.74) is 4.00. The summed E-state index contributed by atoms with van der Waals surface area (Å²) in [5.74, 6) is 2.23. The number of para-hydroxylation sites is 1. The van der Waals surface area contributed by atoms with Gasteiger partial charge in [-0.3, -0.25) is 4.79 Å². The second-order valence-electron chi connectivity index (χ2n) is 8.76. The van der Waals surface area contributed by atoms with Gasteiger partial charge in [0.25, 0.3) is 0 Å². The molecule has 1 atom stereocenters. The molecule has 2 aliphatic heterocycles. The second-order valence-corrected chi connectivity index (χ2v) is 8.76. The van der Waals surface area contributed by atoms with Crippen LogP contribution in [0.25, 0.3) is 5.69 Å². The van der Waals surface area contributed by atoms with Crippen molar-refractivity contribution in [2.45, 2.75) is 71.4 Å². The van der Waals surface area contributed by atoms with Crippen molar-refractivity contribution in [2.24, 2.45) is 0 Å². The van der Waals surface area contributed by atoms with Gasteiger partial charge in [-0.25, -0.2) is 4.68 Å². The summed E-state index contributed by atoms with van der Waals surface area (Å²) in [6.45, 7) is 5.80. The molecule has 31 heavy (non-hydrogen) atoms. The lowest BCUT2D eigenvalue weighted by atomic mass is 10.1. The third kappa shape index (κ3) is 3.66. The molecule has 0 spiro atoms. The van der Waals surface area contributed by atoms with Gasteiger partial charge in [-0.15, -0.1) is 10.2 Å². The third-order valence-corrected chi connectivity index (χ3v) is 6.78. The Morgan fingerprint density at radius 3 is 2.71 bits per heavy atom. The highest BCUT2D eigenvalue weighted by molar-refractivity contribution is 5.80. The molecule has 0 N–H and O–H groups in total. The molecule has 1 amide bonds. The van der Waals surface area contributed by atoms with Crippen LogP contribution in [0.5, 0.6) is 0 Å². The van der Waals surface area contributed by atoms with E-state index >= 15 is 0 Å². The highest BCUT2D eigenvalue weighted by Crippen LogP contribution is 2.33. The van der Waals surface area contributed by atoms with Gasteiger partial charge in [0.05, 0.1) is 23.8 Å². The molecule has 1 unspecified atom stereocenters. The van der Waals surface area contributed by atoms with Crippen LogP contribution in [0.2, 0.25) is 0 Å². The first kappa shape index (κ1) is 20.0. The number of aromatic nitrogens is 5. The lowest BCUT2D eigenvalue weighted by Gasteiger charge is -2.25. The number of likely N-dealkylation sites (tertiary alicyclic amines) is 1. The van der Waals surface area contributed by atoms with E-state index in [0.29, 0.717) is 6.42 Å². The monoisotopic (exact) mass is 418 g/mol. The Balaban J connectivity index is 1.39. The van der Waals surface area contributed by atoms with Crippen LogP contribution in [-0.4, -0.2) is 41.9 Å². The fourth-order valence-electron chi connectivity index (χ4n) is 5.09. The van der Waals surface area contributed by atoms with E-state index in [-0.39, 0.29) is 11.9 Å². The normalized spacial score (nSPS) is 18.8. The van der Waals surface area contributed by atoms with Crippen molar-refractivity contribution in [3.8, 4) is 5.69 Å². The van der Waals surface area contributed by atoms with Gasteiger partial charge in [0.15, 0.2) is 5.82 Å². The Labute approximate surface area is 183 Å². The van der Waals surface area contributed by atoms with E-state index in [1.807, 2.05) is 46.8 Å². The summed E-state index contributed by atoms with van der Waals surface area (Å²) in [4.78, 5) is 15.5. The number of hydrogen-bond acceptors (Lipinski definition) is 4. The lowest BCUT2D eigenvalue weighted by Crippen LogP contribution is -2.33. The largest absolute Gasteiger partial charge is 0.332 e. The molecule has 1 aromatic carbocycles. The van der Waals surface area contributed by atoms with Crippen LogP contribution in [0, 0.1) is 13.8 Å². The Hall–Kier alpha value is -2.96. The topological polar surface area (TPSA) is 68.8 Å². The number of carbonyl (C=O) groups is 1. The average molecular weight is 419 g/mol. The van der Waals surface area contributed by atoms with Gasteiger partial charge in [-0.05, 0) is 51.7 Å². The molecule has 0 saturated carbocycles. The van der Waals surface area contributed by atoms with E-state index < -0.39 is 0 Å². The van der Waals surface area contributed by atoms with E-state index in [9.17, 15) is 4.79 Å². The number of carbonyl (C=O) groups excluding carboxylic acids is 1. The molecule has 7 heteroatoms. The number of fused-ring (bicyclic) bond motifs is 1. The molecule has 3 aromatic rings. The van der Waals surface area contributed by atoms with Crippen molar-refractivity contribution >= 4 is 5.91 Å². The maximum atomic E-state index is 13.4. The molecular weight excluding hydrogens is 388 g/mol. The molecule has 4 heterocycles. The highest BCUT2D eigenvalue weighted by atomic mass is 16.2. The number of nitrogens with zero attached hydrogens (tertiary/aromatic N) is 6. The predicted octanol–water partition coefficient (Wildman–Crippen LogP) is 3.71. The number of rotatable bonds is 4. The molecule has 0 bridgehead atoms. The van der Waals surface area contributed by atoms with Gasteiger partial charge in [-0.1, -0.05) is 24.6 Å². The van der Waals surface area contributed by atoms with Gasteiger partial charge in [-0.2, -0.15) is 5.10 Å². The van der Waals surface area contributed by atoms with Crippen molar-refractivity contribution in [3.63, 3.8) is 0 Å². The quantitative estimate of drug-likeness (QED) is 0.648. The average Bonchev–Trinajstić information content (AvgIpc) is 3.44. The molecule has 1 fully saturated rings.